The van der Waals surface area contributed by atoms with Crippen molar-refractivity contribution in [2.24, 2.45) is 5.92 Å². The summed E-state index contributed by atoms with van der Waals surface area (Å²) in [6, 6.07) is 12.0. The third-order valence-electron chi connectivity index (χ3n) is 6.02. The topological polar surface area (TPSA) is 80.3 Å². The number of hydrogen-bond acceptors (Lipinski definition) is 5. The molecular formula is C25H30ClN3O5. The highest BCUT2D eigenvalue weighted by molar-refractivity contribution is 6.30. The van der Waals surface area contributed by atoms with Gasteiger partial charge in [0.25, 0.3) is 5.91 Å². The molecule has 0 radical (unpaired) electrons. The first-order valence-corrected chi connectivity index (χ1v) is 11.8. The van der Waals surface area contributed by atoms with E-state index in [1.165, 1.54) is 0 Å². The fourth-order valence-corrected chi connectivity index (χ4v) is 4.22. The van der Waals surface area contributed by atoms with E-state index in [4.69, 9.17) is 25.8 Å². The quantitative estimate of drug-likeness (QED) is 0.605. The number of ether oxygens (including phenoxy) is 3. The molecule has 9 heteroatoms. The van der Waals surface area contributed by atoms with Crippen molar-refractivity contribution < 1.29 is 23.8 Å². The van der Waals surface area contributed by atoms with E-state index in [1.807, 2.05) is 4.90 Å². The van der Waals surface area contributed by atoms with Gasteiger partial charge in [-0.3, -0.25) is 4.79 Å². The molecule has 1 atom stereocenters. The van der Waals surface area contributed by atoms with Gasteiger partial charge in [-0.2, -0.15) is 0 Å². The Kier molecular flexibility index (Phi) is 7.80. The van der Waals surface area contributed by atoms with Crippen LogP contribution in [0.15, 0.2) is 42.5 Å². The molecule has 1 unspecified atom stereocenters. The predicted molar refractivity (Wildman–Crippen MR) is 130 cm³/mol. The Morgan fingerprint density at radius 1 is 1.12 bits per heavy atom. The summed E-state index contributed by atoms with van der Waals surface area (Å²) in [6.07, 6.45) is 1.96. The minimum absolute atomic E-state index is 0.0862. The van der Waals surface area contributed by atoms with Gasteiger partial charge in [0.2, 0.25) is 0 Å². The number of methoxy groups -OCH3 is 2. The number of morpholine rings is 1. The fourth-order valence-electron chi connectivity index (χ4n) is 4.03. The molecule has 182 valence electrons. The zero-order chi connectivity index (χ0) is 24.1. The Morgan fingerprint density at radius 2 is 1.91 bits per heavy atom. The number of nitrogens with zero attached hydrogens (tertiary/aromatic N) is 2. The van der Waals surface area contributed by atoms with Crippen LogP contribution in [0.4, 0.5) is 10.5 Å². The molecule has 8 nitrogen and oxygen atoms in total. The Morgan fingerprint density at radius 3 is 2.62 bits per heavy atom. The highest BCUT2D eigenvalue weighted by Crippen LogP contribution is 2.32. The van der Waals surface area contributed by atoms with Crippen LogP contribution in [0.5, 0.6) is 11.5 Å². The summed E-state index contributed by atoms with van der Waals surface area (Å²) in [7, 11) is 3.11. The smallest absolute Gasteiger partial charge is 0.322 e. The van der Waals surface area contributed by atoms with Crippen LogP contribution in [0, 0.1) is 5.92 Å². The molecule has 0 spiro atoms. The number of hydrogen-bond donors (Lipinski definition) is 1. The van der Waals surface area contributed by atoms with Crippen LogP contribution in [-0.2, 0) is 4.74 Å². The largest absolute Gasteiger partial charge is 0.493 e. The van der Waals surface area contributed by atoms with Crippen molar-refractivity contribution in [2.45, 2.75) is 18.9 Å². The maximum Gasteiger partial charge on any atom is 0.322 e. The first kappa shape index (κ1) is 24.2. The van der Waals surface area contributed by atoms with E-state index in [2.05, 4.69) is 5.32 Å². The van der Waals surface area contributed by atoms with Crippen LogP contribution >= 0.6 is 11.6 Å². The van der Waals surface area contributed by atoms with E-state index in [0.717, 1.165) is 12.8 Å². The Hall–Kier alpha value is -2.97. The maximum atomic E-state index is 13.4. The van der Waals surface area contributed by atoms with Crippen molar-refractivity contribution in [3.63, 3.8) is 0 Å². The second-order valence-corrected chi connectivity index (χ2v) is 9.04. The Balaban J connectivity index is 1.42. The van der Waals surface area contributed by atoms with Crippen molar-refractivity contribution in [1.82, 2.24) is 9.80 Å². The van der Waals surface area contributed by atoms with Crippen LogP contribution in [-0.4, -0.2) is 74.8 Å². The average molecular weight is 488 g/mol. The fraction of sp³-hybridized carbons (Fsp3) is 0.440. The molecule has 34 heavy (non-hydrogen) atoms. The second kappa shape index (κ2) is 11.0. The number of nitrogens with one attached hydrogen (secondary N) is 1. The summed E-state index contributed by atoms with van der Waals surface area (Å²) >= 11 is 6.02. The number of carbonyl (C=O) groups is 2. The van der Waals surface area contributed by atoms with E-state index < -0.39 is 0 Å². The highest BCUT2D eigenvalue weighted by Gasteiger charge is 2.32. The molecule has 1 saturated carbocycles. The zero-order valence-corrected chi connectivity index (χ0v) is 20.2. The van der Waals surface area contributed by atoms with Crippen molar-refractivity contribution in [1.29, 1.82) is 0 Å². The molecule has 0 bridgehead atoms. The van der Waals surface area contributed by atoms with Crippen molar-refractivity contribution in [2.75, 3.05) is 52.3 Å². The molecule has 2 aliphatic rings. The average Bonchev–Trinajstić information content (AvgIpc) is 3.67. The molecule has 1 saturated heterocycles. The number of urea groups is 1. The minimum atomic E-state index is -0.276. The van der Waals surface area contributed by atoms with Gasteiger partial charge in [0.15, 0.2) is 11.5 Å². The van der Waals surface area contributed by atoms with Gasteiger partial charge in [-0.05, 0) is 55.2 Å². The number of carbonyl (C=O) groups excluding carboxylic acids is 2. The summed E-state index contributed by atoms with van der Waals surface area (Å²) in [4.78, 5) is 29.7. The first-order valence-electron chi connectivity index (χ1n) is 11.4. The summed E-state index contributed by atoms with van der Waals surface area (Å²) < 4.78 is 16.6. The van der Waals surface area contributed by atoms with Gasteiger partial charge in [0, 0.05) is 35.9 Å². The summed E-state index contributed by atoms with van der Waals surface area (Å²) in [5, 5.41) is 3.44. The van der Waals surface area contributed by atoms with E-state index in [-0.39, 0.29) is 18.0 Å². The van der Waals surface area contributed by atoms with Crippen LogP contribution in [0.2, 0.25) is 5.02 Å². The summed E-state index contributed by atoms with van der Waals surface area (Å²) in [5.74, 6) is 1.51. The SMILES string of the molecule is COc1ccc(C(=O)N(CC2CC2)CC2CN(C(=O)Nc3cccc(Cl)c3)CCO2)cc1OC. The van der Waals surface area contributed by atoms with Gasteiger partial charge in [-0.15, -0.1) is 0 Å². The molecule has 2 fully saturated rings. The predicted octanol–water partition coefficient (Wildman–Crippen LogP) is 4.14. The third-order valence-corrected chi connectivity index (χ3v) is 6.25. The van der Waals surface area contributed by atoms with Crippen LogP contribution < -0.4 is 14.8 Å². The molecule has 1 aliphatic carbocycles. The lowest BCUT2D eigenvalue weighted by atomic mass is 10.1. The number of rotatable bonds is 8. The van der Waals surface area contributed by atoms with Crippen LogP contribution in [0.25, 0.3) is 0 Å². The molecular weight excluding hydrogens is 458 g/mol. The van der Waals surface area contributed by atoms with Gasteiger partial charge in [0.05, 0.1) is 33.5 Å². The van der Waals surface area contributed by atoms with Crippen LogP contribution in [0.3, 0.4) is 0 Å². The molecule has 1 heterocycles. The molecule has 2 aromatic carbocycles. The lowest BCUT2D eigenvalue weighted by Gasteiger charge is -2.36. The van der Waals surface area contributed by atoms with Gasteiger partial charge in [-0.25, -0.2) is 4.79 Å². The summed E-state index contributed by atoms with van der Waals surface area (Å²) in [6.45, 7) is 2.36. The van der Waals surface area contributed by atoms with Gasteiger partial charge in [-0.1, -0.05) is 17.7 Å². The van der Waals surface area contributed by atoms with Crippen LogP contribution in [0.1, 0.15) is 23.2 Å². The number of halogens is 1. The van der Waals surface area contributed by atoms with Gasteiger partial charge >= 0.3 is 6.03 Å². The minimum Gasteiger partial charge on any atom is -0.493 e. The van der Waals surface area contributed by atoms with Gasteiger partial charge in [0.1, 0.15) is 0 Å². The van der Waals surface area contributed by atoms with Crippen molar-refractivity contribution in [3.8, 4) is 11.5 Å². The number of amides is 3. The molecule has 1 N–H and O–H groups in total. The number of anilines is 1. The molecule has 4 rings (SSSR count). The highest BCUT2D eigenvalue weighted by atomic mass is 35.5. The second-order valence-electron chi connectivity index (χ2n) is 8.60. The molecule has 0 aromatic heterocycles. The van der Waals surface area contributed by atoms with Crippen molar-refractivity contribution >= 4 is 29.2 Å². The first-order chi connectivity index (χ1) is 16.5. The standard InChI is InChI=1S/C25H30ClN3O5/c1-32-22-9-8-18(12-23(22)33-2)24(30)29(14-17-6-7-17)16-21-15-28(10-11-34-21)25(31)27-20-5-3-4-19(26)13-20/h3-5,8-9,12-13,17,21H,6-7,10-11,14-16H2,1-2H3,(H,27,31). The summed E-state index contributed by atoms with van der Waals surface area (Å²) in [5.41, 5.74) is 1.17. The zero-order valence-electron chi connectivity index (χ0n) is 19.5. The number of benzene rings is 2. The molecule has 2 aromatic rings. The van der Waals surface area contributed by atoms with Gasteiger partial charge < -0.3 is 29.3 Å². The maximum absolute atomic E-state index is 13.4. The molecule has 1 aliphatic heterocycles. The lowest BCUT2D eigenvalue weighted by Crippen LogP contribution is -2.51. The van der Waals surface area contributed by atoms with Crippen molar-refractivity contribution in [3.05, 3.63) is 53.1 Å². The van der Waals surface area contributed by atoms with E-state index >= 15 is 0 Å². The third kappa shape index (κ3) is 6.12. The Bertz CT molecular complexity index is 1030. The van der Waals surface area contributed by atoms with E-state index in [1.54, 1.807) is 61.6 Å². The monoisotopic (exact) mass is 487 g/mol. The normalized spacial score (nSPS) is 17.7. The van der Waals surface area contributed by atoms with E-state index in [9.17, 15) is 9.59 Å². The lowest BCUT2D eigenvalue weighted by molar-refractivity contribution is -0.0266. The Labute approximate surface area is 204 Å². The van der Waals surface area contributed by atoms with E-state index in [0.29, 0.717) is 66.5 Å². The molecule has 3 amide bonds.